The van der Waals surface area contributed by atoms with E-state index < -0.39 is 10.1 Å². The van der Waals surface area contributed by atoms with Crippen LogP contribution in [0.4, 0.5) is 0 Å². The van der Waals surface area contributed by atoms with Gasteiger partial charge in [-0.2, -0.15) is 8.42 Å². The number of benzene rings is 4. The summed E-state index contributed by atoms with van der Waals surface area (Å²) in [6.45, 7) is 3.95. The molecule has 6 heteroatoms. The molecule has 0 aliphatic rings. The summed E-state index contributed by atoms with van der Waals surface area (Å²) in [4.78, 5) is -0.296. The van der Waals surface area contributed by atoms with Crippen molar-refractivity contribution in [2.45, 2.75) is 18.7 Å². The highest BCUT2D eigenvalue weighted by Crippen LogP contribution is 2.34. The highest BCUT2D eigenvalue weighted by Gasteiger charge is 2.19. The van der Waals surface area contributed by atoms with Gasteiger partial charge in [0, 0.05) is 0 Å². The van der Waals surface area contributed by atoms with Crippen molar-refractivity contribution in [3.8, 4) is 34.1 Å². The number of rotatable bonds is 6. The largest absolute Gasteiger partial charge is 0.457 e. The van der Waals surface area contributed by atoms with Crippen LogP contribution in [0, 0.1) is 13.8 Å². The summed E-state index contributed by atoms with van der Waals surface area (Å²) >= 11 is 0. The second kappa shape index (κ2) is 8.86. The van der Waals surface area contributed by atoms with Crippen molar-refractivity contribution < 1.29 is 22.4 Å². The minimum absolute atomic E-state index is 0.0550. The standard InChI is InChI=1S/C26H22O5S/c1-18-3-10-22(11-4-18)30-23-14-7-20(8-15-23)21-9-16-25(26(17-21)32(27,28)29)31-24-12-5-19(2)6-13-24/h3-17H,1-2H3,(H,27,28,29). The lowest BCUT2D eigenvalue weighted by Gasteiger charge is -2.12. The van der Waals surface area contributed by atoms with Crippen LogP contribution in [-0.4, -0.2) is 13.0 Å². The van der Waals surface area contributed by atoms with Crippen LogP contribution in [0.1, 0.15) is 11.1 Å². The lowest BCUT2D eigenvalue weighted by Crippen LogP contribution is -2.01. The van der Waals surface area contributed by atoms with Gasteiger partial charge in [-0.1, -0.05) is 53.6 Å². The molecule has 162 valence electrons. The van der Waals surface area contributed by atoms with Crippen molar-refractivity contribution in [2.75, 3.05) is 0 Å². The van der Waals surface area contributed by atoms with E-state index in [1.807, 2.05) is 62.4 Å². The van der Waals surface area contributed by atoms with Gasteiger partial charge in [0.05, 0.1) is 0 Å². The summed E-state index contributed by atoms with van der Waals surface area (Å²) in [5.74, 6) is 1.92. The van der Waals surface area contributed by atoms with Gasteiger partial charge in [-0.05, 0) is 73.5 Å². The molecule has 4 rings (SSSR count). The molecule has 0 saturated carbocycles. The highest BCUT2D eigenvalue weighted by atomic mass is 32.2. The molecule has 0 saturated heterocycles. The molecule has 0 amide bonds. The molecular formula is C26H22O5S. The summed E-state index contributed by atoms with van der Waals surface area (Å²) in [6, 6.07) is 26.9. The molecule has 0 spiro atoms. The van der Waals surface area contributed by atoms with E-state index in [2.05, 4.69) is 0 Å². The Morgan fingerprint density at radius 3 is 1.53 bits per heavy atom. The summed E-state index contributed by atoms with van der Waals surface area (Å²) in [5.41, 5.74) is 3.60. The van der Waals surface area contributed by atoms with Gasteiger partial charge < -0.3 is 9.47 Å². The zero-order valence-corrected chi connectivity index (χ0v) is 18.5. The van der Waals surface area contributed by atoms with Gasteiger partial charge in [0.15, 0.2) is 0 Å². The topological polar surface area (TPSA) is 72.8 Å². The SMILES string of the molecule is Cc1ccc(Oc2ccc(-c3ccc(Oc4ccc(C)cc4)c(S(=O)(=O)O)c3)cc2)cc1. The Labute approximate surface area is 187 Å². The smallest absolute Gasteiger partial charge is 0.298 e. The first kappa shape index (κ1) is 21.6. The fraction of sp³-hybridized carbons (Fsp3) is 0.0769. The van der Waals surface area contributed by atoms with Crippen LogP contribution in [0.3, 0.4) is 0 Å². The average Bonchev–Trinajstić information content (AvgIpc) is 2.77. The Morgan fingerprint density at radius 1 is 0.594 bits per heavy atom. The molecule has 0 bridgehead atoms. The van der Waals surface area contributed by atoms with E-state index in [1.165, 1.54) is 12.1 Å². The summed E-state index contributed by atoms with van der Waals surface area (Å²) in [6.07, 6.45) is 0. The van der Waals surface area contributed by atoms with Crippen LogP contribution in [0.15, 0.2) is 95.9 Å². The van der Waals surface area contributed by atoms with Gasteiger partial charge in [-0.25, -0.2) is 0 Å². The van der Waals surface area contributed by atoms with E-state index in [-0.39, 0.29) is 10.6 Å². The van der Waals surface area contributed by atoms with Crippen LogP contribution in [0.2, 0.25) is 0 Å². The third-order valence-electron chi connectivity index (χ3n) is 4.91. The number of ether oxygens (including phenoxy) is 2. The van der Waals surface area contributed by atoms with Crippen molar-refractivity contribution in [1.29, 1.82) is 0 Å². The van der Waals surface area contributed by atoms with E-state index in [0.29, 0.717) is 17.1 Å². The Bertz CT molecular complexity index is 1320. The molecule has 32 heavy (non-hydrogen) atoms. The maximum absolute atomic E-state index is 12.0. The van der Waals surface area contributed by atoms with Crippen molar-refractivity contribution in [1.82, 2.24) is 0 Å². The second-order valence-electron chi connectivity index (χ2n) is 7.49. The molecule has 0 radical (unpaired) electrons. The summed E-state index contributed by atoms with van der Waals surface area (Å²) in [7, 11) is -4.49. The monoisotopic (exact) mass is 446 g/mol. The molecule has 0 fully saturated rings. The normalized spacial score (nSPS) is 11.2. The average molecular weight is 447 g/mol. The first-order valence-electron chi connectivity index (χ1n) is 9.99. The number of hydrogen-bond donors (Lipinski definition) is 1. The lowest BCUT2D eigenvalue weighted by molar-refractivity contribution is 0.450. The number of hydrogen-bond acceptors (Lipinski definition) is 4. The molecule has 0 heterocycles. The molecule has 0 aliphatic carbocycles. The maximum atomic E-state index is 12.0. The Hall–Kier alpha value is -3.61. The van der Waals surface area contributed by atoms with Gasteiger partial charge in [0.2, 0.25) is 0 Å². The van der Waals surface area contributed by atoms with E-state index in [9.17, 15) is 13.0 Å². The third-order valence-corrected chi connectivity index (χ3v) is 5.79. The molecule has 1 N–H and O–H groups in total. The Morgan fingerprint density at radius 2 is 1.03 bits per heavy atom. The van der Waals surface area contributed by atoms with Crippen molar-refractivity contribution in [3.05, 3.63) is 102 Å². The van der Waals surface area contributed by atoms with Gasteiger partial charge in [0.25, 0.3) is 10.1 Å². The summed E-state index contributed by atoms with van der Waals surface area (Å²) < 4.78 is 45.4. The van der Waals surface area contributed by atoms with Gasteiger partial charge in [0.1, 0.15) is 27.9 Å². The van der Waals surface area contributed by atoms with Crippen molar-refractivity contribution >= 4 is 10.1 Å². The minimum Gasteiger partial charge on any atom is -0.457 e. The van der Waals surface area contributed by atoms with Gasteiger partial charge >= 0.3 is 0 Å². The van der Waals surface area contributed by atoms with Gasteiger partial charge in [-0.3, -0.25) is 4.55 Å². The van der Waals surface area contributed by atoms with Crippen LogP contribution < -0.4 is 9.47 Å². The molecule has 5 nitrogen and oxygen atoms in total. The van der Waals surface area contributed by atoms with E-state index in [0.717, 1.165) is 22.4 Å². The van der Waals surface area contributed by atoms with E-state index in [4.69, 9.17) is 9.47 Å². The van der Waals surface area contributed by atoms with Crippen molar-refractivity contribution in [3.63, 3.8) is 0 Å². The molecular weight excluding hydrogens is 424 g/mol. The zero-order valence-electron chi connectivity index (χ0n) is 17.6. The Kier molecular flexibility index (Phi) is 5.99. The maximum Gasteiger partial charge on any atom is 0.298 e. The molecule has 4 aromatic rings. The van der Waals surface area contributed by atoms with E-state index >= 15 is 0 Å². The molecule has 4 aromatic carbocycles. The molecule has 0 aliphatic heterocycles. The first-order chi connectivity index (χ1) is 15.3. The first-order valence-corrected chi connectivity index (χ1v) is 11.4. The lowest BCUT2D eigenvalue weighted by atomic mass is 10.1. The van der Waals surface area contributed by atoms with Crippen molar-refractivity contribution in [2.24, 2.45) is 0 Å². The third kappa shape index (κ3) is 5.17. The predicted octanol–water partition coefficient (Wildman–Crippen LogP) is 6.80. The molecule has 0 unspecified atom stereocenters. The zero-order chi connectivity index (χ0) is 22.7. The number of aryl methyl sites for hydroxylation is 2. The van der Waals surface area contributed by atoms with Crippen LogP contribution in [0.5, 0.6) is 23.0 Å². The Balaban J connectivity index is 1.60. The minimum atomic E-state index is -4.49. The van der Waals surface area contributed by atoms with Crippen LogP contribution >= 0.6 is 0 Å². The molecule has 0 atom stereocenters. The second-order valence-corrected chi connectivity index (χ2v) is 8.88. The van der Waals surface area contributed by atoms with E-state index in [1.54, 1.807) is 30.3 Å². The quantitative estimate of drug-likeness (QED) is 0.330. The fourth-order valence-electron chi connectivity index (χ4n) is 3.16. The predicted molar refractivity (Wildman–Crippen MR) is 124 cm³/mol. The van der Waals surface area contributed by atoms with Crippen LogP contribution in [0.25, 0.3) is 11.1 Å². The summed E-state index contributed by atoms with van der Waals surface area (Å²) in [5, 5.41) is 0. The van der Waals surface area contributed by atoms with Gasteiger partial charge in [-0.15, -0.1) is 0 Å². The van der Waals surface area contributed by atoms with Crippen LogP contribution in [-0.2, 0) is 10.1 Å². The fourth-order valence-corrected chi connectivity index (χ4v) is 3.80. The highest BCUT2D eigenvalue weighted by molar-refractivity contribution is 7.86. The molecule has 0 aromatic heterocycles.